The first-order chi connectivity index (χ1) is 18.9. The zero-order valence-electron chi connectivity index (χ0n) is 21.4. The van der Waals surface area contributed by atoms with E-state index in [1.165, 1.54) is 23.1 Å². The van der Waals surface area contributed by atoms with Gasteiger partial charge in [0.15, 0.2) is 0 Å². The molecule has 0 fully saturated rings. The number of thiophene rings is 1. The van der Waals surface area contributed by atoms with Crippen molar-refractivity contribution in [1.82, 2.24) is 0 Å². The summed E-state index contributed by atoms with van der Waals surface area (Å²) in [5.41, 5.74) is 4.59. The molecule has 2 amide bonds. The number of aryl methyl sites for hydroxylation is 1. The summed E-state index contributed by atoms with van der Waals surface area (Å²) < 4.78 is 0. The smallest absolute Gasteiger partial charge is 0.255 e. The van der Waals surface area contributed by atoms with Crippen LogP contribution in [0.25, 0.3) is 21.9 Å². The van der Waals surface area contributed by atoms with Gasteiger partial charge in [-0.3, -0.25) is 9.59 Å². The molecule has 0 aliphatic rings. The number of nitrogens with one attached hydrogen (secondary N) is 2. The SMILES string of the molecule is Cc1ccc(-c2csc(NC(=O)C(C)Sc3cccc(NC(=O)c4ccc5ccccc5c4)c3)c2C#N)cc1. The number of amides is 2. The molecule has 5 nitrogen and oxygen atoms in total. The molecule has 192 valence electrons. The molecule has 39 heavy (non-hydrogen) atoms. The summed E-state index contributed by atoms with van der Waals surface area (Å²) in [5.74, 6) is -0.390. The molecular weight excluding hydrogens is 523 g/mol. The third kappa shape index (κ3) is 6.04. The predicted octanol–water partition coefficient (Wildman–Crippen LogP) is 8.12. The summed E-state index contributed by atoms with van der Waals surface area (Å²) in [6.45, 7) is 3.84. The third-order valence-corrected chi connectivity index (χ3v) is 8.28. The molecule has 1 unspecified atom stereocenters. The summed E-state index contributed by atoms with van der Waals surface area (Å²) in [6.07, 6.45) is 0. The van der Waals surface area contributed by atoms with Crippen molar-refractivity contribution in [3.63, 3.8) is 0 Å². The monoisotopic (exact) mass is 547 g/mol. The Bertz CT molecular complexity index is 1720. The summed E-state index contributed by atoms with van der Waals surface area (Å²) in [5, 5.41) is 19.8. The number of carbonyl (C=O) groups is 2. The van der Waals surface area contributed by atoms with E-state index in [0.717, 1.165) is 32.4 Å². The van der Waals surface area contributed by atoms with E-state index in [1.807, 2.05) is 110 Å². The Kier molecular flexibility index (Phi) is 7.78. The molecular formula is C32H25N3O2S2. The average molecular weight is 548 g/mol. The Morgan fingerprint density at radius 2 is 1.67 bits per heavy atom. The van der Waals surface area contributed by atoms with E-state index in [-0.39, 0.29) is 11.8 Å². The van der Waals surface area contributed by atoms with Crippen LogP contribution in [0.2, 0.25) is 0 Å². The number of carbonyl (C=O) groups excluding carboxylic acids is 2. The van der Waals surface area contributed by atoms with Crippen molar-refractivity contribution < 1.29 is 9.59 Å². The van der Waals surface area contributed by atoms with E-state index in [2.05, 4.69) is 16.7 Å². The Morgan fingerprint density at radius 3 is 2.44 bits per heavy atom. The number of hydrogen-bond donors (Lipinski definition) is 2. The molecule has 1 heterocycles. The maximum absolute atomic E-state index is 13.0. The fraction of sp³-hybridized carbons (Fsp3) is 0.0938. The Morgan fingerprint density at radius 1 is 0.897 bits per heavy atom. The molecule has 2 N–H and O–H groups in total. The lowest BCUT2D eigenvalue weighted by Gasteiger charge is -2.13. The number of benzene rings is 4. The topological polar surface area (TPSA) is 82.0 Å². The minimum absolute atomic E-state index is 0.195. The second-order valence-corrected chi connectivity index (χ2v) is 11.4. The fourth-order valence-electron chi connectivity index (χ4n) is 4.16. The van der Waals surface area contributed by atoms with Gasteiger partial charge in [-0.15, -0.1) is 23.1 Å². The molecule has 0 spiro atoms. The highest BCUT2D eigenvalue weighted by Crippen LogP contribution is 2.36. The van der Waals surface area contributed by atoms with Crippen LogP contribution in [0.4, 0.5) is 10.7 Å². The predicted molar refractivity (Wildman–Crippen MR) is 161 cm³/mol. The van der Waals surface area contributed by atoms with Crippen LogP contribution in [0.3, 0.4) is 0 Å². The van der Waals surface area contributed by atoms with Crippen molar-refractivity contribution in [2.24, 2.45) is 0 Å². The van der Waals surface area contributed by atoms with E-state index in [4.69, 9.17) is 0 Å². The highest BCUT2D eigenvalue weighted by molar-refractivity contribution is 8.00. The van der Waals surface area contributed by atoms with Gasteiger partial charge in [-0.25, -0.2) is 0 Å². The van der Waals surface area contributed by atoms with E-state index in [9.17, 15) is 14.9 Å². The minimum atomic E-state index is -0.423. The average Bonchev–Trinajstić information content (AvgIpc) is 3.35. The Balaban J connectivity index is 1.24. The van der Waals surface area contributed by atoms with Crippen LogP contribution in [0.5, 0.6) is 0 Å². The lowest BCUT2D eigenvalue weighted by molar-refractivity contribution is -0.115. The van der Waals surface area contributed by atoms with Gasteiger partial charge in [0.1, 0.15) is 11.1 Å². The highest BCUT2D eigenvalue weighted by atomic mass is 32.2. The lowest BCUT2D eigenvalue weighted by atomic mass is 10.0. The van der Waals surface area contributed by atoms with Gasteiger partial charge < -0.3 is 10.6 Å². The van der Waals surface area contributed by atoms with Crippen LogP contribution < -0.4 is 10.6 Å². The molecule has 0 aliphatic heterocycles. The standard InChI is InChI=1S/C32H25N3O2S2/c1-20-10-12-23(13-11-20)29-19-38-32(28(29)18-33)35-30(36)21(2)39-27-9-5-8-26(17-27)34-31(37)25-15-14-22-6-3-4-7-24(22)16-25/h3-17,19,21H,1-2H3,(H,34,37)(H,35,36). The maximum Gasteiger partial charge on any atom is 0.255 e. The number of thioether (sulfide) groups is 1. The van der Waals surface area contributed by atoms with Gasteiger partial charge in [-0.2, -0.15) is 5.26 Å². The number of nitrogens with zero attached hydrogens (tertiary/aromatic N) is 1. The van der Waals surface area contributed by atoms with Gasteiger partial charge in [-0.05, 0) is 60.5 Å². The van der Waals surface area contributed by atoms with Gasteiger partial charge >= 0.3 is 0 Å². The van der Waals surface area contributed by atoms with Crippen molar-refractivity contribution in [2.75, 3.05) is 10.6 Å². The molecule has 0 saturated carbocycles. The second kappa shape index (κ2) is 11.6. The summed E-state index contributed by atoms with van der Waals surface area (Å²) in [4.78, 5) is 26.8. The maximum atomic E-state index is 13.0. The van der Waals surface area contributed by atoms with Crippen LogP contribution in [0.1, 0.15) is 28.4 Å². The van der Waals surface area contributed by atoms with Gasteiger partial charge in [0.25, 0.3) is 5.91 Å². The van der Waals surface area contributed by atoms with Gasteiger partial charge in [-0.1, -0.05) is 66.2 Å². The first-order valence-electron chi connectivity index (χ1n) is 12.4. The van der Waals surface area contributed by atoms with Crippen molar-refractivity contribution in [3.05, 3.63) is 113 Å². The molecule has 5 rings (SSSR count). The van der Waals surface area contributed by atoms with Crippen LogP contribution in [-0.4, -0.2) is 17.1 Å². The van der Waals surface area contributed by atoms with Crippen molar-refractivity contribution in [1.29, 1.82) is 5.26 Å². The number of nitriles is 1. The van der Waals surface area contributed by atoms with Crippen molar-refractivity contribution in [3.8, 4) is 17.2 Å². The molecule has 4 aromatic carbocycles. The van der Waals surface area contributed by atoms with E-state index in [0.29, 0.717) is 21.8 Å². The van der Waals surface area contributed by atoms with Crippen molar-refractivity contribution >= 4 is 56.4 Å². The van der Waals surface area contributed by atoms with Gasteiger partial charge in [0, 0.05) is 27.1 Å². The van der Waals surface area contributed by atoms with Crippen molar-refractivity contribution in [2.45, 2.75) is 24.0 Å². The van der Waals surface area contributed by atoms with Crippen LogP contribution in [0.15, 0.2) is 101 Å². The second-order valence-electron chi connectivity index (χ2n) is 9.12. The highest BCUT2D eigenvalue weighted by Gasteiger charge is 2.20. The molecule has 5 aromatic rings. The summed E-state index contributed by atoms with van der Waals surface area (Å²) >= 11 is 2.73. The third-order valence-electron chi connectivity index (χ3n) is 6.29. The zero-order valence-corrected chi connectivity index (χ0v) is 23.0. The molecule has 0 radical (unpaired) electrons. The largest absolute Gasteiger partial charge is 0.322 e. The number of fused-ring (bicyclic) bond motifs is 1. The first kappa shape index (κ1) is 26.2. The number of anilines is 2. The molecule has 0 aliphatic carbocycles. The zero-order chi connectivity index (χ0) is 27.4. The first-order valence-corrected chi connectivity index (χ1v) is 14.1. The molecule has 0 saturated heterocycles. The van der Waals surface area contributed by atoms with Crippen LogP contribution >= 0.6 is 23.1 Å². The quantitative estimate of drug-likeness (QED) is 0.202. The fourth-order valence-corrected chi connectivity index (χ4v) is 6.01. The van der Waals surface area contributed by atoms with Crippen LogP contribution in [-0.2, 0) is 4.79 Å². The lowest BCUT2D eigenvalue weighted by Crippen LogP contribution is -2.22. The minimum Gasteiger partial charge on any atom is -0.322 e. The number of hydrogen-bond acceptors (Lipinski definition) is 5. The van der Waals surface area contributed by atoms with E-state index >= 15 is 0 Å². The van der Waals surface area contributed by atoms with E-state index in [1.54, 1.807) is 0 Å². The summed E-state index contributed by atoms with van der Waals surface area (Å²) in [6, 6.07) is 31.2. The molecule has 1 atom stereocenters. The Labute approximate surface area is 235 Å². The summed E-state index contributed by atoms with van der Waals surface area (Å²) in [7, 11) is 0. The Hall–Kier alpha value is -4.38. The molecule has 7 heteroatoms. The molecule has 0 bridgehead atoms. The van der Waals surface area contributed by atoms with Gasteiger partial charge in [0.05, 0.1) is 10.8 Å². The van der Waals surface area contributed by atoms with Crippen LogP contribution in [0, 0.1) is 18.3 Å². The normalized spacial score (nSPS) is 11.5. The van der Waals surface area contributed by atoms with E-state index < -0.39 is 5.25 Å². The molecule has 1 aromatic heterocycles. The number of rotatable bonds is 7. The van der Waals surface area contributed by atoms with Gasteiger partial charge in [0.2, 0.25) is 5.91 Å².